The molecular formula is C16H28IN5O3S. The van der Waals surface area contributed by atoms with E-state index in [-0.39, 0.29) is 29.7 Å². The van der Waals surface area contributed by atoms with Crippen LogP contribution in [0.15, 0.2) is 21.8 Å². The zero-order valence-electron chi connectivity index (χ0n) is 15.3. The highest BCUT2D eigenvalue weighted by Crippen LogP contribution is 2.37. The van der Waals surface area contributed by atoms with Gasteiger partial charge in [0.25, 0.3) is 0 Å². The predicted octanol–water partition coefficient (Wildman–Crippen LogP) is 1.36. The van der Waals surface area contributed by atoms with Gasteiger partial charge in [0.05, 0.1) is 5.69 Å². The summed E-state index contributed by atoms with van der Waals surface area (Å²) in [5.41, 5.74) is 0.441. The molecule has 1 saturated heterocycles. The lowest BCUT2D eigenvalue weighted by molar-refractivity contribution is 0.259. The maximum Gasteiger partial charge on any atom is 0.220 e. The lowest BCUT2D eigenvalue weighted by Gasteiger charge is -2.35. The van der Waals surface area contributed by atoms with E-state index in [1.807, 2.05) is 6.92 Å². The molecule has 1 aromatic rings. The first-order chi connectivity index (χ1) is 12.0. The molecule has 1 aliphatic heterocycles. The van der Waals surface area contributed by atoms with E-state index in [0.29, 0.717) is 37.8 Å². The number of aliphatic imine (C=N–C) groups is 1. The minimum atomic E-state index is -3.37. The van der Waals surface area contributed by atoms with E-state index in [2.05, 4.69) is 22.3 Å². The third kappa shape index (κ3) is 5.56. The molecule has 10 heteroatoms. The van der Waals surface area contributed by atoms with E-state index in [1.54, 1.807) is 6.07 Å². The molecule has 3 rings (SSSR count). The van der Waals surface area contributed by atoms with Gasteiger partial charge in [0.15, 0.2) is 5.96 Å². The monoisotopic (exact) mass is 497 g/mol. The summed E-state index contributed by atoms with van der Waals surface area (Å²) in [6, 6.07) is 1.59. The van der Waals surface area contributed by atoms with Crippen LogP contribution in [0.4, 0.5) is 0 Å². The fourth-order valence-corrected chi connectivity index (χ4v) is 4.48. The maximum absolute atomic E-state index is 12.5. The van der Waals surface area contributed by atoms with Gasteiger partial charge in [-0.1, -0.05) is 12.1 Å². The van der Waals surface area contributed by atoms with E-state index in [4.69, 9.17) is 9.52 Å². The summed E-state index contributed by atoms with van der Waals surface area (Å²) in [7, 11) is -3.37. The Bertz CT molecular complexity index is 687. The van der Waals surface area contributed by atoms with Crippen LogP contribution in [-0.2, 0) is 15.8 Å². The molecule has 148 valence electrons. The number of nitrogens with one attached hydrogen (secondary N) is 1. The van der Waals surface area contributed by atoms with Gasteiger partial charge in [0.1, 0.15) is 12.0 Å². The molecule has 8 nitrogen and oxygen atoms in total. The Kier molecular flexibility index (Phi) is 7.71. The number of sulfonamides is 1. The fraction of sp³-hybridized carbons (Fsp3) is 0.750. The normalized spacial score (nSPS) is 24.2. The lowest BCUT2D eigenvalue weighted by Crippen LogP contribution is -2.54. The van der Waals surface area contributed by atoms with Crippen molar-refractivity contribution >= 4 is 40.0 Å². The summed E-state index contributed by atoms with van der Waals surface area (Å²) in [4.78, 5) is 6.89. The molecule has 0 spiro atoms. The van der Waals surface area contributed by atoms with Crippen LogP contribution in [0.5, 0.6) is 0 Å². The molecule has 1 aromatic heterocycles. The molecule has 1 saturated carbocycles. The van der Waals surface area contributed by atoms with E-state index in [1.165, 1.54) is 17.0 Å². The molecule has 26 heavy (non-hydrogen) atoms. The Morgan fingerprint density at radius 3 is 2.62 bits per heavy atom. The summed E-state index contributed by atoms with van der Waals surface area (Å²) < 4.78 is 31.2. The Hall–Kier alpha value is -0.880. The minimum absolute atomic E-state index is 0. The van der Waals surface area contributed by atoms with Crippen molar-refractivity contribution in [3.8, 4) is 0 Å². The Morgan fingerprint density at radius 1 is 1.38 bits per heavy atom. The quantitative estimate of drug-likeness (QED) is 0.363. The van der Waals surface area contributed by atoms with Gasteiger partial charge < -0.3 is 14.7 Å². The number of guanidine groups is 1. The number of hydrogen-bond donors (Lipinski definition) is 1. The van der Waals surface area contributed by atoms with Crippen LogP contribution in [0.2, 0.25) is 0 Å². The summed E-state index contributed by atoms with van der Waals surface area (Å²) in [5, 5.41) is 7.02. The summed E-state index contributed by atoms with van der Waals surface area (Å²) in [6.07, 6.45) is 2.65. The standard InChI is InChI=1S/C16H27N5O3S.HI/c1-3-17-16(18-11-14-10-13(14)2)20-5-7-21(8-6-20)25(22,23)12-15-4-9-24-19-15;/h4,9,13-14H,3,5-8,10-12H2,1-2H3,(H,17,18);1H. The molecule has 1 N–H and O–H groups in total. The van der Waals surface area contributed by atoms with Gasteiger partial charge in [-0.25, -0.2) is 8.42 Å². The molecule has 0 amide bonds. The second-order valence-electron chi connectivity index (χ2n) is 6.80. The molecular weight excluding hydrogens is 469 g/mol. The van der Waals surface area contributed by atoms with Crippen LogP contribution in [0.3, 0.4) is 0 Å². The van der Waals surface area contributed by atoms with Crippen molar-refractivity contribution in [1.29, 1.82) is 0 Å². The van der Waals surface area contributed by atoms with Gasteiger partial charge in [-0.05, 0) is 25.2 Å². The van der Waals surface area contributed by atoms with Crippen molar-refractivity contribution in [2.45, 2.75) is 26.0 Å². The second kappa shape index (κ2) is 9.36. The van der Waals surface area contributed by atoms with E-state index in [9.17, 15) is 8.42 Å². The smallest absolute Gasteiger partial charge is 0.220 e. The molecule has 0 radical (unpaired) electrons. The maximum atomic E-state index is 12.5. The van der Waals surface area contributed by atoms with Gasteiger partial charge in [-0.15, -0.1) is 24.0 Å². The number of aromatic nitrogens is 1. The Morgan fingerprint density at radius 2 is 2.08 bits per heavy atom. The highest BCUT2D eigenvalue weighted by Gasteiger charge is 2.33. The van der Waals surface area contributed by atoms with Crippen LogP contribution < -0.4 is 5.32 Å². The van der Waals surface area contributed by atoms with E-state index >= 15 is 0 Å². The topological polar surface area (TPSA) is 91.0 Å². The van der Waals surface area contributed by atoms with Crippen molar-refractivity contribution in [2.24, 2.45) is 16.8 Å². The zero-order valence-corrected chi connectivity index (χ0v) is 18.4. The van der Waals surface area contributed by atoms with Gasteiger partial charge in [0.2, 0.25) is 10.0 Å². The summed E-state index contributed by atoms with van der Waals surface area (Å²) in [5.74, 6) is 2.27. The minimum Gasteiger partial charge on any atom is -0.364 e. The second-order valence-corrected chi connectivity index (χ2v) is 8.77. The zero-order chi connectivity index (χ0) is 17.9. The number of nitrogens with zero attached hydrogens (tertiary/aromatic N) is 4. The van der Waals surface area contributed by atoms with Crippen LogP contribution in [0.1, 0.15) is 26.0 Å². The van der Waals surface area contributed by atoms with Crippen molar-refractivity contribution in [1.82, 2.24) is 19.7 Å². The summed E-state index contributed by atoms with van der Waals surface area (Å²) in [6.45, 7) is 8.18. The Balaban J connectivity index is 0.00000243. The third-order valence-electron chi connectivity index (χ3n) is 4.84. The Labute approximate surface area is 172 Å². The third-order valence-corrected chi connectivity index (χ3v) is 6.65. The van der Waals surface area contributed by atoms with Crippen LogP contribution in [0, 0.1) is 11.8 Å². The van der Waals surface area contributed by atoms with Crippen LogP contribution >= 0.6 is 24.0 Å². The first kappa shape index (κ1) is 21.4. The summed E-state index contributed by atoms with van der Waals surface area (Å²) >= 11 is 0. The van der Waals surface area contributed by atoms with Gasteiger partial charge in [0, 0.05) is 45.3 Å². The molecule has 0 bridgehead atoms. The first-order valence-electron chi connectivity index (χ1n) is 8.90. The van der Waals surface area contributed by atoms with Crippen LogP contribution in [0.25, 0.3) is 0 Å². The molecule has 2 heterocycles. The van der Waals surface area contributed by atoms with Crippen molar-refractivity contribution in [3.05, 3.63) is 18.0 Å². The highest BCUT2D eigenvalue weighted by atomic mass is 127. The predicted molar refractivity (Wildman–Crippen MR) is 111 cm³/mol. The molecule has 2 aliphatic rings. The van der Waals surface area contributed by atoms with Gasteiger partial charge in [-0.3, -0.25) is 4.99 Å². The molecule has 0 aromatic carbocycles. The molecule has 2 fully saturated rings. The average Bonchev–Trinajstić information content (AvgIpc) is 3.06. The molecule has 2 atom stereocenters. The van der Waals surface area contributed by atoms with Gasteiger partial charge >= 0.3 is 0 Å². The van der Waals surface area contributed by atoms with E-state index < -0.39 is 10.0 Å². The fourth-order valence-electron chi connectivity index (χ4n) is 3.05. The van der Waals surface area contributed by atoms with Crippen LogP contribution in [-0.4, -0.2) is 68.0 Å². The molecule has 2 unspecified atom stereocenters. The SMILES string of the molecule is CCNC(=NCC1CC1C)N1CCN(S(=O)(=O)Cc2ccon2)CC1.I. The number of hydrogen-bond acceptors (Lipinski definition) is 5. The van der Waals surface area contributed by atoms with Gasteiger partial charge in [-0.2, -0.15) is 4.31 Å². The number of rotatable bonds is 6. The molecule has 1 aliphatic carbocycles. The van der Waals surface area contributed by atoms with Crippen molar-refractivity contribution in [2.75, 3.05) is 39.3 Å². The number of halogens is 1. The average molecular weight is 497 g/mol. The van der Waals surface area contributed by atoms with E-state index in [0.717, 1.165) is 25.0 Å². The lowest BCUT2D eigenvalue weighted by atomic mass is 10.3. The van der Waals surface area contributed by atoms with Crippen molar-refractivity contribution < 1.29 is 12.9 Å². The first-order valence-corrected chi connectivity index (χ1v) is 10.5. The highest BCUT2D eigenvalue weighted by molar-refractivity contribution is 14.0. The van der Waals surface area contributed by atoms with Crippen molar-refractivity contribution in [3.63, 3.8) is 0 Å². The number of piperazine rings is 1. The largest absolute Gasteiger partial charge is 0.364 e.